The van der Waals surface area contributed by atoms with Gasteiger partial charge in [0.15, 0.2) is 0 Å². The van der Waals surface area contributed by atoms with Crippen molar-refractivity contribution in [2.24, 2.45) is 5.73 Å². The summed E-state index contributed by atoms with van der Waals surface area (Å²) < 4.78 is 33.0. The number of aromatic nitrogens is 1. The maximum Gasteiger partial charge on any atom is 0.213 e. The Morgan fingerprint density at radius 2 is 2.00 bits per heavy atom. The molecular weight excluding hydrogens is 296 g/mol. The van der Waals surface area contributed by atoms with Gasteiger partial charge in [0.05, 0.1) is 18.5 Å². The molecule has 2 aromatic rings. The molecule has 0 aliphatic rings. The van der Waals surface area contributed by atoms with Crippen LogP contribution in [-0.2, 0) is 0 Å². The van der Waals surface area contributed by atoms with Crippen molar-refractivity contribution in [1.82, 2.24) is 4.98 Å². The first-order valence-electron chi connectivity index (χ1n) is 6.16. The zero-order valence-electron chi connectivity index (χ0n) is 11.2. The fourth-order valence-corrected chi connectivity index (χ4v) is 1.78. The van der Waals surface area contributed by atoms with Crippen LogP contribution in [0.1, 0.15) is 12.5 Å². The monoisotopic (exact) mass is 309 g/mol. The van der Waals surface area contributed by atoms with Gasteiger partial charge in [0.1, 0.15) is 22.3 Å². The second kappa shape index (κ2) is 6.45. The van der Waals surface area contributed by atoms with Crippen LogP contribution < -0.4 is 15.8 Å². The normalized spacial score (nSPS) is 10.2. The molecule has 7 heteroatoms. The first kappa shape index (κ1) is 15.1. The first-order chi connectivity index (χ1) is 10.0. The Hall–Kier alpha value is -2.28. The predicted octanol–water partition coefficient (Wildman–Crippen LogP) is 3.14. The Kier molecular flexibility index (Phi) is 4.64. The third-order valence-corrected chi connectivity index (χ3v) is 2.86. The van der Waals surface area contributed by atoms with Crippen molar-refractivity contribution in [3.63, 3.8) is 0 Å². The minimum atomic E-state index is -0.785. The van der Waals surface area contributed by atoms with Crippen molar-refractivity contribution in [2.75, 3.05) is 11.9 Å². The second-order valence-corrected chi connectivity index (χ2v) is 4.56. The summed E-state index contributed by atoms with van der Waals surface area (Å²) >= 11 is 4.69. The zero-order chi connectivity index (χ0) is 15.4. The van der Waals surface area contributed by atoms with Gasteiger partial charge >= 0.3 is 0 Å². The number of anilines is 2. The summed E-state index contributed by atoms with van der Waals surface area (Å²) in [6.07, 6.45) is 1.42. The Morgan fingerprint density at radius 3 is 2.48 bits per heavy atom. The Bertz CT molecular complexity index is 639. The Balaban J connectivity index is 2.25. The van der Waals surface area contributed by atoms with Crippen molar-refractivity contribution in [2.45, 2.75) is 6.92 Å². The average molecular weight is 309 g/mol. The van der Waals surface area contributed by atoms with E-state index in [1.807, 2.05) is 6.92 Å². The number of thiocarbonyl (C=S) groups is 1. The highest BCUT2D eigenvalue weighted by atomic mass is 32.1. The highest BCUT2D eigenvalue weighted by molar-refractivity contribution is 7.80. The Labute approximate surface area is 125 Å². The molecule has 0 saturated heterocycles. The molecule has 110 valence electrons. The fraction of sp³-hybridized carbons (Fsp3) is 0.143. The molecule has 0 aliphatic heterocycles. The molecule has 2 rings (SSSR count). The van der Waals surface area contributed by atoms with Gasteiger partial charge < -0.3 is 15.8 Å². The minimum absolute atomic E-state index is 0.0675. The van der Waals surface area contributed by atoms with Gasteiger partial charge in [0.2, 0.25) is 5.88 Å². The van der Waals surface area contributed by atoms with Crippen LogP contribution >= 0.6 is 12.2 Å². The summed E-state index contributed by atoms with van der Waals surface area (Å²) in [5.41, 5.74) is 5.63. The summed E-state index contributed by atoms with van der Waals surface area (Å²) in [5.74, 6) is -1.13. The van der Waals surface area contributed by atoms with Crippen LogP contribution in [-0.4, -0.2) is 16.6 Å². The number of rotatable bonds is 5. The molecule has 21 heavy (non-hydrogen) atoms. The van der Waals surface area contributed by atoms with E-state index in [1.165, 1.54) is 6.20 Å². The fourth-order valence-electron chi connectivity index (χ4n) is 1.67. The maximum absolute atomic E-state index is 13.9. The summed E-state index contributed by atoms with van der Waals surface area (Å²) in [4.78, 5) is 3.93. The number of nitrogens with zero attached hydrogens (tertiary/aromatic N) is 1. The lowest BCUT2D eigenvalue weighted by Crippen LogP contribution is -2.11. The van der Waals surface area contributed by atoms with E-state index in [1.54, 1.807) is 12.1 Å². The van der Waals surface area contributed by atoms with Gasteiger partial charge in [-0.05, 0) is 25.1 Å². The standard InChI is InChI=1S/C14H13F2N3OS/c1-2-20-12-4-3-9(7-18-12)19-13-10(15)5-8(14(17)21)6-11(13)16/h3-7,19H,2H2,1H3,(H2,17,21). The van der Waals surface area contributed by atoms with Crippen LogP contribution in [0.3, 0.4) is 0 Å². The molecule has 0 aliphatic carbocycles. The van der Waals surface area contributed by atoms with Crippen LogP contribution in [0.4, 0.5) is 20.2 Å². The molecule has 1 aromatic carbocycles. The minimum Gasteiger partial charge on any atom is -0.478 e. The number of nitrogens with two attached hydrogens (primary N) is 1. The van der Waals surface area contributed by atoms with E-state index >= 15 is 0 Å². The van der Waals surface area contributed by atoms with Crippen molar-refractivity contribution in [3.05, 3.63) is 47.7 Å². The van der Waals surface area contributed by atoms with Gasteiger partial charge in [0, 0.05) is 11.6 Å². The highest BCUT2D eigenvalue weighted by Gasteiger charge is 2.13. The molecule has 0 radical (unpaired) electrons. The van der Waals surface area contributed by atoms with Gasteiger partial charge in [-0.15, -0.1) is 0 Å². The van der Waals surface area contributed by atoms with Crippen LogP contribution in [0.25, 0.3) is 0 Å². The number of halogens is 2. The molecule has 0 bridgehead atoms. The number of hydrogen-bond donors (Lipinski definition) is 2. The molecule has 1 aromatic heterocycles. The number of ether oxygens (including phenoxy) is 1. The van der Waals surface area contributed by atoms with E-state index in [4.69, 9.17) is 22.7 Å². The summed E-state index contributed by atoms with van der Waals surface area (Å²) in [7, 11) is 0. The van der Waals surface area contributed by atoms with E-state index in [2.05, 4.69) is 10.3 Å². The van der Waals surface area contributed by atoms with E-state index < -0.39 is 11.6 Å². The third kappa shape index (κ3) is 3.63. The molecule has 0 spiro atoms. The van der Waals surface area contributed by atoms with Crippen LogP contribution in [0.15, 0.2) is 30.5 Å². The number of hydrogen-bond acceptors (Lipinski definition) is 4. The van der Waals surface area contributed by atoms with Crippen molar-refractivity contribution in [1.29, 1.82) is 0 Å². The highest BCUT2D eigenvalue weighted by Crippen LogP contribution is 2.25. The topological polar surface area (TPSA) is 60.2 Å². The van der Waals surface area contributed by atoms with Crippen molar-refractivity contribution >= 4 is 28.6 Å². The van der Waals surface area contributed by atoms with Crippen LogP contribution in [0, 0.1) is 11.6 Å². The molecule has 0 unspecified atom stereocenters. The van der Waals surface area contributed by atoms with Crippen molar-refractivity contribution < 1.29 is 13.5 Å². The van der Waals surface area contributed by atoms with E-state index in [0.29, 0.717) is 18.2 Å². The van der Waals surface area contributed by atoms with Gasteiger partial charge in [-0.2, -0.15) is 0 Å². The van der Waals surface area contributed by atoms with Crippen LogP contribution in [0.5, 0.6) is 5.88 Å². The molecule has 0 fully saturated rings. The van der Waals surface area contributed by atoms with Gasteiger partial charge in [-0.3, -0.25) is 0 Å². The molecule has 3 N–H and O–H groups in total. The maximum atomic E-state index is 13.9. The lowest BCUT2D eigenvalue weighted by atomic mass is 10.2. The number of benzene rings is 1. The zero-order valence-corrected chi connectivity index (χ0v) is 12.0. The molecule has 0 atom stereocenters. The molecule has 4 nitrogen and oxygen atoms in total. The molecule has 1 heterocycles. The summed E-state index contributed by atoms with van der Waals surface area (Å²) in [6, 6.07) is 5.37. The third-order valence-electron chi connectivity index (χ3n) is 2.62. The van der Waals surface area contributed by atoms with E-state index in [0.717, 1.165) is 12.1 Å². The largest absolute Gasteiger partial charge is 0.478 e. The van der Waals surface area contributed by atoms with Gasteiger partial charge in [-0.1, -0.05) is 12.2 Å². The van der Waals surface area contributed by atoms with Crippen molar-refractivity contribution in [3.8, 4) is 5.88 Å². The quantitative estimate of drug-likeness (QED) is 0.831. The number of pyridine rings is 1. The molecule has 0 saturated carbocycles. The Morgan fingerprint density at radius 1 is 1.33 bits per heavy atom. The smallest absolute Gasteiger partial charge is 0.213 e. The second-order valence-electron chi connectivity index (χ2n) is 4.12. The predicted molar refractivity (Wildman–Crippen MR) is 80.9 cm³/mol. The average Bonchev–Trinajstić information content (AvgIpc) is 2.44. The lowest BCUT2D eigenvalue weighted by molar-refractivity contribution is 0.327. The lowest BCUT2D eigenvalue weighted by Gasteiger charge is -2.10. The summed E-state index contributed by atoms with van der Waals surface area (Å²) in [6.45, 7) is 2.32. The van der Waals surface area contributed by atoms with E-state index in [9.17, 15) is 8.78 Å². The van der Waals surface area contributed by atoms with Gasteiger partial charge in [-0.25, -0.2) is 13.8 Å². The molecular formula is C14H13F2N3OS. The first-order valence-corrected chi connectivity index (χ1v) is 6.56. The van der Waals surface area contributed by atoms with Gasteiger partial charge in [0.25, 0.3) is 0 Å². The number of nitrogens with one attached hydrogen (secondary N) is 1. The van der Waals surface area contributed by atoms with Crippen LogP contribution in [0.2, 0.25) is 0 Å². The molecule has 0 amide bonds. The van der Waals surface area contributed by atoms with E-state index in [-0.39, 0.29) is 16.2 Å². The SMILES string of the molecule is CCOc1ccc(Nc2c(F)cc(C(N)=S)cc2F)cn1. The summed E-state index contributed by atoms with van der Waals surface area (Å²) in [5, 5.41) is 2.62.